The molecule has 0 saturated heterocycles. The van der Waals surface area contributed by atoms with E-state index in [2.05, 4.69) is 0 Å². The van der Waals surface area contributed by atoms with Crippen LogP contribution >= 0.6 is 0 Å². The molecule has 0 aromatic heterocycles. The fourth-order valence-corrected chi connectivity index (χ4v) is 1.44. The molecule has 0 aliphatic heterocycles. The quantitative estimate of drug-likeness (QED) is 0.576. The molecule has 5 heteroatoms. The average Bonchev–Trinajstić information content (AvgIpc) is 2.44. The van der Waals surface area contributed by atoms with Gasteiger partial charge in [-0.3, -0.25) is 0 Å². The van der Waals surface area contributed by atoms with Gasteiger partial charge in [0.05, 0.1) is 46.2 Å². The minimum absolute atomic E-state index is 0.00987. The van der Waals surface area contributed by atoms with Crippen molar-refractivity contribution in [3.63, 3.8) is 0 Å². The zero-order valence-electron chi connectivity index (χ0n) is 11.0. The maximum absolute atomic E-state index is 9.60. The Balaban J connectivity index is 1.94. The van der Waals surface area contributed by atoms with Gasteiger partial charge in [0.2, 0.25) is 0 Å². The van der Waals surface area contributed by atoms with Crippen LogP contribution in [0.5, 0.6) is 0 Å². The molecular weight excluding hydrogens is 248 g/mol. The number of ether oxygens (including phenoxy) is 3. The maximum atomic E-state index is 9.60. The molecule has 1 atom stereocenters. The minimum atomic E-state index is -0.637. The zero-order valence-corrected chi connectivity index (χ0v) is 11.0. The van der Waals surface area contributed by atoms with Crippen LogP contribution in [0.1, 0.15) is 5.56 Å². The molecule has 0 fully saturated rings. The van der Waals surface area contributed by atoms with Crippen LogP contribution in [0.25, 0.3) is 0 Å². The van der Waals surface area contributed by atoms with E-state index < -0.39 is 6.10 Å². The Morgan fingerprint density at radius 2 is 1.58 bits per heavy atom. The highest BCUT2D eigenvalue weighted by atomic mass is 16.5. The number of rotatable bonds is 11. The van der Waals surface area contributed by atoms with Crippen LogP contribution in [0.4, 0.5) is 0 Å². The predicted octanol–water partition coefficient (Wildman–Crippen LogP) is 0.590. The molecule has 0 aliphatic rings. The van der Waals surface area contributed by atoms with Crippen LogP contribution in [-0.4, -0.2) is 56.0 Å². The standard InChI is InChI=1S/C14H22O5/c15-6-7-17-8-9-18-11-14(16)12-19-10-13-4-2-1-3-5-13/h1-5,14-16H,6-12H2/t14-/m1/s1. The van der Waals surface area contributed by atoms with Crippen LogP contribution in [0, 0.1) is 0 Å². The van der Waals surface area contributed by atoms with E-state index in [1.54, 1.807) is 0 Å². The normalized spacial score (nSPS) is 12.5. The topological polar surface area (TPSA) is 68.2 Å². The van der Waals surface area contributed by atoms with E-state index in [-0.39, 0.29) is 19.8 Å². The van der Waals surface area contributed by atoms with Crippen LogP contribution in [-0.2, 0) is 20.8 Å². The summed E-state index contributed by atoms with van der Waals surface area (Å²) in [6, 6.07) is 9.79. The summed E-state index contributed by atoms with van der Waals surface area (Å²) < 4.78 is 15.6. The molecular formula is C14H22O5. The van der Waals surface area contributed by atoms with E-state index >= 15 is 0 Å². The second-order valence-corrected chi connectivity index (χ2v) is 4.07. The summed E-state index contributed by atoms with van der Waals surface area (Å²) in [5.74, 6) is 0. The number of hydrogen-bond acceptors (Lipinski definition) is 5. The third-order valence-electron chi connectivity index (χ3n) is 2.34. The van der Waals surface area contributed by atoms with Crippen molar-refractivity contribution in [2.24, 2.45) is 0 Å². The molecule has 19 heavy (non-hydrogen) atoms. The van der Waals surface area contributed by atoms with Crippen LogP contribution < -0.4 is 0 Å². The largest absolute Gasteiger partial charge is 0.394 e. The highest BCUT2D eigenvalue weighted by molar-refractivity contribution is 5.13. The van der Waals surface area contributed by atoms with Crippen LogP contribution in [0.2, 0.25) is 0 Å². The van der Waals surface area contributed by atoms with Crippen molar-refractivity contribution in [3.8, 4) is 0 Å². The molecule has 2 N–H and O–H groups in total. The first kappa shape index (κ1) is 16.1. The molecule has 0 bridgehead atoms. The fraction of sp³-hybridized carbons (Fsp3) is 0.571. The Hall–Kier alpha value is -0.980. The second kappa shape index (κ2) is 10.9. The Kier molecular flexibility index (Phi) is 9.22. The second-order valence-electron chi connectivity index (χ2n) is 4.07. The van der Waals surface area contributed by atoms with E-state index in [1.165, 1.54) is 0 Å². The molecule has 108 valence electrons. The maximum Gasteiger partial charge on any atom is 0.101 e. The van der Waals surface area contributed by atoms with Crippen molar-refractivity contribution in [1.29, 1.82) is 0 Å². The predicted molar refractivity (Wildman–Crippen MR) is 70.8 cm³/mol. The van der Waals surface area contributed by atoms with Crippen LogP contribution in [0.15, 0.2) is 30.3 Å². The number of benzene rings is 1. The van der Waals surface area contributed by atoms with Crippen LogP contribution in [0.3, 0.4) is 0 Å². The van der Waals surface area contributed by atoms with Crippen molar-refractivity contribution >= 4 is 0 Å². The van der Waals surface area contributed by atoms with E-state index in [0.29, 0.717) is 26.4 Å². The third-order valence-corrected chi connectivity index (χ3v) is 2.34. The number of hydrogen-bond donors (Lipinski definition) is 2. The summed E-state index contributed by atoms with van der Waals surface area (Å²) >= 11 is 0. The molecule has 0 heterocycles. The van der Waals surface area contributed by atoms with Gasteiger partial charge in [0.15, 0.2) is 0 Å². The Labute approximate surface area is 113 Å². The fourth-order valence-electron chi connectivity index (χ4n) is 1.44. The van der Waals surface area contributed by atoms with E-state index in [0.717, 1.165) is 5.56 Å². The summed E-state index contributed by atoms with van der Waals surface area (Å²) in [6.45, 7) is 2.08. The first-order valence-electron chi connectivity index (χ1n) is 6.39. The van der Waals surface area contributed by atoms with Crippen molar-refractivity contribution in [2.75, 3.05) is 39.6 Å². The Morgan fingerprint density at radius 3 is 2.32 bits per heavy atom. The monoisotopic (exact) mass is 270 g/mol. The molecule has 0 aliphatic carbocycles. The smallest absolute Gasteiger partial charge is 0.101 e. The summed E-state index contributed by atoms with van der Waals surface area (Å²) in [5.41, 5.74) is 1.08. The van der Waals surface area contributed by atoms with Gasteiger partial charge >= 0.3 is 0 Å². The third kappa shape index (κ3) is 8.69. The minimum Gasteiger partial charge on any atom is -0.394 e. The lowest BCUT2D eigenvalue weighted by Crippen LogP contribution is -2.23. The molecule has 0 spiro atoms. The van der Waals surface area contributed by atoms with Crippen molar-refractivity contribution in [1.82, 2.24) is 0 Å². The first-order chi connectivity index (χ1) is 9.33. The molecule has 1 aromatic carbocycles. The van der Waals surface area contributed by atoms with Crippen molar-refractivity contribution < 1.29 is 24.4 Å². The Morgan fingerprint density at radius 1 is 0.895 bits per heavy atom. The van der Waals surface area contributed by atoms with Gasteiger partial charge in [-0.05, 0) is 5.56 Å². The SMILES string of the molecule is OCCOCCOC[C@@H](O)COCc1ccccc1. The van der Waals surface area contributed by atoms with Crippen molar-refractivity contribution in [3.05, 3.63) is 35.9 Å². The molecule has 0 unspecified atom stereocenters. The molecule has 5 nitrogen and oxygen atoms in total. The van der Waals surface area contributed by atoms with Gasteiger partial charge in [0.1, 0.15) is 6.10 Å². The van der Waals surface area contributed by atoms with Gasteiger partial charge in [-0.15, -0.1) is 0 Å². The lowest BCUT2D eigenvalue weighted by atomic mass is 10.2. The average molecular weight is 270 g/mol. The first-order valence-corrected chi connectivity index (χ1v) is 6.39. The van der Waals surface area contributed by atoms with Gasteiger partial charge in [-0.1, -0.05) is 30.3 Å². The molecule has 0 radical (unpaired) electrons. The van der Waals surface area contributed by atoms with E-state index in [9.17, 15) is 5.11 Å². The van der Waals surface area contributed by atoms with Gasteiger partial charge in [0.25, 0.3) is 0 Å². The van der Waals surface area contributed by atoms with E-state index in [4.69, 9.17) is 19.3 Å². The molecule has 1 rings (SSSR count). The number of aliphatic hydroxyl groups excluding tert-OH is 2. The molecule has 0 amide bonds. The van der Waals surface area contributed by atoms with Gasteiger partial charge in [-0.25, -0.2) is 0 Å². The molecule has 0 saturated carbocycles. The van der Waals surface area contributed by atoms with Gasteiger partial charge < -0.3 is 24.4 Å². The zero-order chi connectivity index (χ0) is 13.8. The summed E-state index contributed by atoms with van der Waals surface area (Å²) in [4.78, 5) is 0. The number of aliphatic hydroxyl groups is 2. The summed E-state index contributed by atoms with van der Waals surface area (Å²) in [7, 11) is 0. The lowest BCUT2D eigenvalue weighted by molar-refractivity contribution is -0.0372. The summed E-state index contributed by atoms with van der Waals surface area (Å²) in [6.07, 6.45) is -0.637. The highest BCUT2D eigenvalue weighted by Gasteiger charge is 2.04. The van der Waals surface area contributed by atoms with E-state index in [1.807, 2.05) is 30.3 Å². The highest BCUT2D eigenvalue weighted by Crippen LogP contribution is 2.01. The molecule has 1 aromatic rings. The van der Waals surface area contributed by atoms with Gasteiger partial charge in [0, 0.05) is 0 Å². The summed E-state index contributed by atoms with van der Waals surface area (Å²) in [5, 5.41) is 18.1. The van der Waals surface area contributed by atoms with Crippen molar-refractivity contribution in [2.45, 2.75) is 12.7 Å². The Bertz CT molecular complexity index is 304. The lowest BCUT2D eigenvalue weighted by Gasteiger charge is -2.12. The van der Waals surface area contributed by atoms with Gasteiger partial charge in [-0.2, -0.15) is 0 Å².